The lowest BCUT2D eigenvalue weighted by Gasteiger charge is -2.23. The maximum absolute atomic E-state index is 3.48. The molecule has 0 saturated heterocycles. The average molecular weight is 283 g/mol. The molecule has 0 amide bonds. The van der Waals surface area contributed by atoms with Crippen molar-refractivity contribution in [1.29, 1.82) is 0 Å². The van der Waals surface area contributed by atoms with Crippen LogP contribution in [0.15, 0.2) is 24.3 Å². The first-order chi connectivity index (χ1) is 9.88. The van der Waals surface area contributed by atoms with Crippen molar-refractivity contribution in [3.63, 3.8) is 0 Å². The second-order valence-electron chi connectivity index (χ2n) is 6.91. The molecule has 21 heavy (non-hydrogen) atoms. The van der Waals surface area contributed by atoms with Crippen molar-refractivity contribution in [3.8, 4) is 0 Å². The summed E-state index contributed by atoms with van der Waals surface area (Å²) in [6, 6.07) is 9.15. The quantitative estimate of drug-likeness (QED) is 0.699. The Morgan fingerprint density at radius 1 is 0.714 bits per heavy atom. The van der Waals surface area contributed by atoms with Crippen molar-refractivity contribution in [2.45, 2.75) is 59.3 Å². The number of hydrogen-bond acceptors (Lipinski definition) is 1. The van der Waals surface area contributed by atoms with E-state index in [-0.39, 0.29) is 0 Å². The van der Waals surface area contributed by atoms with Gasteiger partial charge in [0.1, 0.15) is 0 Å². The molecule has 0 atom stereocenters. The van der Waals surface area contributed by atoms with Crippen molar-refractivity contribution in [3.05, 3.63) is 41.0 Å². The highest BCUT2D eigenvalue weighted by molar-refractivity contribution is 5.99. The normalized spacial score (nSPS) is 11.9. The zero-order chi connectivity index (χ0) is 15.7. The van der Waals surface area contributed by atoms with E-state index in [9.17, 15) is 0 Å². The Kier molecular flexibility index (Phi) is 4.61. The number of nitrogens with one attached hydrogen (secondary N) is 1. The summed E-state index contributed by atoms with van der Waals surface area (Å²) in [6.45, 7) is 13.7. The van der Waals surface area contributed by atoms with Gasteiger partial charge in [-0.2, -0.15) is 0 Å². The van der Waals surface area contributed by atoms with E-state index in [2.05, 4.69) is 71.1 Å². The maximum atomic E-state index is 3.48. The Bertz CT molecular complexity index is 631. The van der Waals surface area contributed by atoms with Crippen LogP contribution in [-0.2, 0) is 0 Å². The molecular weight excluding hydrogens is 254 g/mol. The van der Waals surface area contributed by atoms with Crippen LogP contribution in [0.1, 0.15) is 76.0 Å². The van der Waals surface area contributed by atoms with Gasteiger partial charge >= 0.3 is 0 Å². The van der Waals surface area contributed by atoms with Gasteiger partial charge in [-0.3, -0.25) is 0 Å². The molecule has 0 fully saturated rings. The fourth-order valence-corrected chi connectivity index (χ4v) is 3.35. The molecule has 0 spiro atoms. The number of hydrogen-bond donors (Lipinski definition) is 1. The largest absolute Gasteiger partial charge is 0.387 e. The summed E-state index contributed by atoms with van der Waals surface area (Å²) >= 11 is 0. The topological polar surface area (TPSA) is 12.0 Å². The molecule has 1 heteroatoms. The summed E-state index contributed by atoms with van der Waals surface area (Å²) in [6.07, 6.45) is 0. The molecule has 0 unspecified atom stereocenters. The molecule has 0 bridgehead atoms. The van der Waals surface area contributed by atoms with E-state index >= 15 is 0 Å². The fraction of sp³-hybridized carbons (Fsp3) is 0.500. The summed E-state index contributed by atoms with van der Waals surface area (Å²) < 4.78 is 0. The van der Waals surface area contributed by atoms with E-state index in [0.29, 0.717) is 17.8 Å². The Hall–Kier alpha value is -1.50. The van der Waals surface area contributed by atoms with E-state index in [4.69, 9.17) is 0 Å². The van der Waals surface area contributed by atoms with Crippen molar-refractivity contribution in [1.82, 2.24) is 0 Å². The van der Waals surface area contributed by atoms with Gasteiger partial charge in [0.25, 0.3) is 0 Å². The summed E-state index contributed by atoms with van der Waals surface area (Å²) in [4.78, 5) is 0. The smallest absolute Gasteiger partial charge is 0.0455 e. The van der Waals surface area contributed by atoms with Crippen LogP contribution in [0.4, 0.5) is 5.69 Å². The molecule has 2 aromatic rings. The van der Waals surface area contributed by atoms with Crippen LogP contribution in [0, 0.1) is 0 Å². The van der Waals surface area contributed by atoms with Gasteiger partial charge in [0.15, 0.2) is 0 Å². The third kappa shape index (κ3) is 2.79. The first-order valence-corrected chi connectivity index (χ1v) is 8.15. The molecule has 1 N–H and O–H groups in total. The number of anilines is 1. The van der Waals surface area contributed by atoms with E-state index in [1.165, 1.54) is 33.2 Å². The second-order valence-corrected chi connectivity index (χ2v) is 6.91. The summed E-state index contributed by atoms with van der Waals surface area (Å²) in [5.41, 5.74) is 5.71. The van der Waals surface area contributed by atoms with Crippen molar-refractivity contribution in [2.75, 3.05) is 12.4 Å². The van der Waals surface area contributed by atoms with E-state index in [1.54, 1.807) is 0 Å². The van der Waals surface area contributed by atoms with Gasteiger partial charge in [-0.05, 0) is 39.8 Å². The highest BCUT2D eigenvalue weighted by Gasteiger charge is 2.18. The summed E-state index contributed by atoms with van der Waals surface area (Å²) in [5, 5.41) is 6.25. The SMILES string of the molecule is CNc1c(C(C)C)ccc2ccc(C(C)C)c(C(C)C)c12. The van der Waals surface area contributed by atoms with Gasteiger partial charge < -0.3 is 5.32 Å². The van der Waals surface area contributed by atoms with E-state index in [0.717, 1.165) is 0 Å². The van der Waals surface area contributed by atoms with Crippen LogP contribution in [0.25, 0.3) is 10.8 Å². The van der Waals surface area contributed by atoms with Crippen molar-refractivity contribution < 1.29 is 0 Å². The van der Waals surface area contributed by atoms with Gasteiger partial charge in [-0.1, -0.05) is 65.8 Å². The number of benzene rings is 2. The van der Waals surface area contributed by atoms with Gasteiger partial charge in [0, 0.05) is 18.1 Å². The molecule has 114 valence electrons. The summed E-state index contributed by atoms with van der Waals surface area (Å²) in [7, 11) is 2.05. The standard InChI is InChI=1S/C20H29N/c1-12(2)16-10-8-15-9-11-17(13(3)4)20(21-7)19(15)18(16)14(5)6/h8-14,21H,1-7H3. The van der Waals surface area contributed by atoms with Crippen LogP contribution < -0.4 is 5.32 Å². The van der Waals surface area contributed by atoms with E-state index in [1.807, 2.05) is 7.05 Å². The van der Waals surface area contributed by atoms with Crippen LogP contribution >= 0.6 is 0 Å². The van der Waals surface area contributed by atoms with Gasteiger partial charge in [0.2, 0.25) is 0 Å². The van der Waals surface area contributed by atoms with Crippen LogP contribution in [0.3, 0.4) is 0 Å². The molecule has 0 aliphatic carbocycles. The minimum Gasteiger partial charge on any atom is -0.387 e. The highest BCUT2D eigenvalue weighted by atomic mass is 14.8. The van der Waals surface area contributed by atoms with Gasteiger partial charge in [0.05, 0.1) is 0 Å². The maximum Gasteiger partial charge on any atom is 0.0455 e. The van der Waals surface area contributed by atoms with Crippen molar-refractivity contribution >= 4 is 16.5 Å². The minimum absolute atomic E-state index is 0.527. The average Bonchev–Trinajstić information content (AvgIpc) is 2.43. The van der Waals surface area contributed by atoms with Gasteiger partial charge in [-0.25, -0.2) is 0 Å². The monoisotopic (exact) mass is 283 g/mol. The second kappa shape index (κ2) is 6.09. The van der Waals surface area contributed by atoms with Gasteiger partial charge in [-0.15, -0.1) is 0 Å². The number of rotatable bonds is 4. The predicted molar refractivity (Wildman–Crippen MR) is 95.8 cm³/mol. The molecule has 0 aliphatic rings. The Balaban J connectivity index is 2.94. The van der Waals surface area contributed by atoms with Crippen LogP contribution in [0.5, 0.6) is 0 Å². The molecule has 0 saturated carbocycles. The third-order valence-corrected chi connectivity index (χ3v) is 4.36. The molecule has 1 nitrogen and oxygen atoms in total. The van der Waals surface area contributed by atoms with Crippen molar-refractivity contribution in [2.24, 2.45) is 0 Å². The first kappa shape index (κ1) is 15.9. The van der Waals surface area contributed by atoms with Crippen LogP contribution in [-0.4, -0.2) is 7.05 Å². The molecule has 2 aromatic carbocycles. The Morgan fingerprint density at radius 2 is 1.24 bits per heavy atom. The van der Waals surface area contributed by atoms with E-state index < -0.39 is 0 Å². The molecule has 2 rings (SSSR count). The predicted octanol–water partition coefficient (Wildman–Crippen LogP) is 6.25. The lowest BCUT2D eigenvalue weighted by molar-refractivity contribution is 0.797. The fourth-order valence-electron chi connectivity index (χ4n) is 3.35. The lowest BCUT2D eigenvalue weighted by atomic mass is 9.84. The zero-order valence-corrected chi connectivity index (χ0v) is 14.5. The molecule has 0 aliphatic heterocycles. The zero-order valence-electron chi connectivity index (χ0n) is 14.5. The minimum atomic E-state index is 0.527. The molecule has 0 aromatic heterocycles. The number of fused-ring (bicyclic) bond motifs is 1. The molecule has 0 heterocycles. The Labute approximate surface area is 129 Å². The van der Waals surface area contributed by atoms with Crippen LogP contribution in [0.2, 0.25) is 0 Å². The molecule has 0 radical (unpaired) electrons. The molecular formula is C20H29N. The Morgan fingerprint density at radius 3 is 1.67 bits per heavy atom. The third-order valence-electron chi connectivity index (χ3n) is 4.36. The lowest BCUT2D eigenvalue weighted by Crippen LogP contribution is -2.05. The first-order valence-electron chi connectivity index (χ1n) is 8.15. The summed E-state index contributed by atoms with van der Waals surface area (Å²) in [5.74, 6) is 1.61. The highest BCUT2D eigenvalue weighted by Crippen LogP contribution is 2.40.